The molecule has 0 unspecified atom stereocenters. The van der Waals surface area contributed by atoms with Gasteiger partial charge in [-0.2, -0.15) is 0 Å². The van der Waals surface area contributed by atoms with Crippen LogP contribution in [0.3, 0.4) is 0 Å². The van der Waals surface area contributed by atoms with Crippen LogP contribution < -0.4 is 19.7 Å². The molecule has 1 aromatic heterocycles. The van der Waals surface area contributed by atoms with Crippen LogP contribution in [0.4, 0.5) is 15.9 Å². The summed E-state index contributed by atoms with van der Waals surface area (Å²) in [5.74, 6) is 0.142. The van der Waals surface area contributed by atoms with Crippen LogP contribution in [0.15, 0.2) is 41.4 Å². The zero-order chi connectivity index (χ0) is 18.0. The highest BCUT2D eigenvalue weighted by Gasteiger charge is 2.24. The lowest BCUT2D eigenvalue weighted by atomic mass is 10.2. The number of ether oxygens (including phenoxy) is 1. The van der Waals surface area contributed by atoms with Crippen LogP contribution in [0.25, 0.3) is 0 Å². The fourth-order valence-corrected chi connectivity index (χ4v) is 3.57. The number of rotatable bonds is 4. The van der Waals surface area contributed by atoms with Gasteiger partial charge < -0.3 is 14.5 Å². The third-order valence-corrected chi connectivity index (χ3v) is 5.07. The van der Waals surface area contributed by atoms with E-state index in [1.807, 2.05) is 9.80 Å². The first-order valence-electron chi connectivity index (χ1n) is 7.71. The molecule has 2 N–H and O–H groups in total. The molecule has 2 aromatic rings. The van der Waals surface area contributed by atoms with Gasteiger partial charge in [0.05, 0.1) is 7.11 Å². The standard InChI is InChI=1S/C16H19FN4O3S/c1-24-14-5-4-12(11-13(14)17)20-7-9-21(10-8-20)16-15(25(18,22)23)3-2-6-19-16/h2-6,11H,7-10H2,1H3,(H2,18,22,23). The third kappa shape index (κ3) is 3.67. The Morgan fingerprint density at radius 2 is 1.84 bits per heavy atom. The molecular weight excluding hydrogens is 347 g/mol. The molecule has 2 heterocycles. The molecular formula is C16H19FN4O3S. The minimum atomic E-state index is -3.84. The zero-order valence-electron chi connectivity index (χ0n) is 13.7. The van der Waals surface area contributed by atoms with Crippen LogP contribution in [-0.2, 0) is 10.0 Å². The molecule has 1 aliphatic rings. The largest absolute Gasteiger partial charge is 0.494 e. The number of primary sulfonamides is 1. The van der Waals surface area contributed by atoms with Gasteiger partial charge >= 0.3 is 0 Å². The SMILES string of the molecule is COc1ccc(N2CCN(c3ncccc3S(N)(=O)=O)CC2)cc1F. The quantitative estimate of drug-likeness (QED) is 0.875. The molecule has 3 rings (SSSR count). The van der Waals surface area contributed by atoms with E-state index in [0.717, 1.165) is 5.69 Å². The number of anilines is 2. The summed E-state index contributed by atoms with van der Waals surface area (Å²) in [4.78, 5) is 8.09. The van der Waals surface area contributed by atoms with E-state index in [0.29, 0.717) is 32.0 Å². The van der Waals surface area contributed by atoms with Gasteiger partial charge in [0.2, 0.25) is 10.0 Å². The summed E-state index contributed by atoms with van der Waals surface area (Å²) in [7, 11) is -2.42. The fourth-order valence-electron chi connectivity index (χ4n) is 2.87. The summed E-state index contributed by atoms with van der Waals surface area (Å²) in [6, 6.07) is 7.82. The number of hydrogen-bond donors (Lipinski definition) is 1. The van der Waals surface area contributed by atoms with Crippen molar-refractivity contribution in [1.82, 2.24) is 4.98 Å². The zero-order valence-corrected chi connectivity index (χ0v) is 14.5. The van der Waals surface area contributed by atoms with E-state index in [2.05, 4.69) is 4.98 Å². The van der Waals surface area contributed by atoms with Crippen molar-refractivity contribution in [3.05, 3.63) is 42.3 Å². The number of nitrogens with two attached hydrogens (primary N) is 1. The van der Waals surface area contributed by atoms with Gasteiger partial charge in [-0.25, -0.2) is 22.9 Å². The Morgan fingerprint density at radius 1 is 1.16 bits per heavy atom. The molecule has 7 nitrogen and oxygen atoms in total. The summed E-state index contributed by atoms with van der Waals surface area (Å²) < 4.78 is 42.3. The van der Waals surface area contributed by atoms with Gasteiger partial charge in [0.15, 0.2) is 11.6 Å². The van der Waals surface area contributed by atoms with Crippen molar-refractivity contribution < 1.29 is 17.5 Å². The highest BCUT2D eigenvalue weighted by molar-refractivity contribution is 7.89. The molecule has 0 saturated carbocycles. The summed E-state index contributed by atoms with van der Waals surface area (Å²) in [5, 5.41) is 5.27. The van der Waals surface area contributed by atoms with E-state index >= 15 is 0 Å². The van der Waals surface area contributed by atoms with Crippen molar-refractivity contribution in [3.63, 3.8) is 0 Å². The summed E-state index contributed by atoms with van der Waals surface area (Å²) in [6.45, 7) is 2.30. The number of piperazine rings is 1. The number of methoxy groups -OCH3 is 1. The Bertz CT molecular complexity index is 867. The predicted octanol–water partition coefficient (Wildman–Crippen LogP) is 1.20. The average Bonchev–Trinajstić information content (AvgIpc) is 2.61. The maximum absolute atomic E-state index is 13.9. The van der Waals surface area contributed by atoms with Gasteiger partial charge in [-0.3, -0.25) is 0 Å². The predicted molar refractivity (Wildman–Crippen MR) is 93.0 cm³/mol. The molecule has 0 atom stereocenters. The average molecular weight is 366 g/mol. The van der Waals surface area contributed by atoms with Crippen molar-refractivity contribution in [2.75, 3.05) is 43.1 Å². The highest BCUT2D eigenvalue weighted by Crippen LogP contribution is 2.26. The Hall–Kier alpha value is -2.39. The molecule has 1 aliphatic heterocycles. The lowest BCUT2D eigenvalue weighted by Gasteiger charge is -2.37. The second-order valence-electron chi connectivity index (χ2n) is 5.66. The maximum Gasteiger partial charge on any atom is 0.241 e. The molecule has 0 radical (unpaired) electrons. The highest BCUT2D eigenvalue weighted by atomic mass is 32.2. The van der Waals surface area contributed by atoms with E-state index in [-0.39, 0.29) is 10.6 Å². The van der Waals surface area contributed by atoms with Gasteiger partial charge in [0.1, 0.15) is 10.7 Å². The van der Waals surface area contributed by atoms with Gasteiger partial charge in [-0.15, -0.1) is 0 Å². The second kappa shape index (κ2) is 6.85. The van der Waals surface area contributed by atoms with Crippen LogP contribution in [0, 0.1) is 5.82 Å². The molecule has 0 spiro atoms. The summed E-state index contributed by atoms with van der Waals surface area (Å²) >= 11 is 0. The van der Waals surface area contributed by atoms with E-state index in [9.17, 15) is 12.8 Å². The van der Waals surface area contributed by atoms with E-state index in [4.69, 9.17) is 9.88 Å². The van der Waals surface area contributed by atoms with E-state index in [1.165, 1.54) is 25.4 Å². The topological polar surface area (TPSA) is 88.8 Å². The number of hydrogen-bond acceptors (Lipinski definition) is 6. The van der Waals surface area contributed by atoms with Gasteiger partial charge in [-0.05, 0) is 24.3 Å². The first kappa shape index (κ1) is 17.4. The Balaban J connectivity index is 1.76. The van der Waals surface area contributed by atoms with Crippen LogP contribution in [-0.4, -0.2) is 46.7 Å². The molecule has 1 aromatic carbocycles. The van der Waals surface area contributed by atoms with Gasteiger partial charge in [0.25, 0.3) is 0 Å². The molecule has 1 saturated heterocycles. The summed E-state index contributed by atoms with van der Waals surface area (Å²) in [5.41, 5.74) is 0.755. The third-order valence-electron chi connectivity index (χ3n) is 4.14. The monoisotopic (exact) mass is 366 g/mol. The minimum Gasteiger partial charge on any atom is -0.494 e. The number of pyridine rings is 1. The maximum atomic E-state index is 13.9. The van der Waals surface area contributed by atoms with Crippen LogP contribution >= 0.6 is 0 Å². The van der Waals surface area contributed by atoms with Gasteiger partial charge in [0, 0.05) is 44.1 Å². The number of halogens is 1. The van der Waals surface area contributed by atoms with E-state index < -0.39 is 15.8 Å². The second-order valence-corrected chi connectivity index (χ2v) is 7.19. The van der Waals surface area contributed by atoms with Crippen molar-refractivity contribution in [3.8, 4) is 5.75 Å². The van der Waals surface area contributed by atoms with Crippen LogP contribution in [0.1, 0.15) is 0 Å². The number of aromatic nitrogens is 1. The number of sulfonamides is 1. The lowest BCUT2D eigenvalue weighted by Crippen LogP contribution is -2.47. The Morgan fingerprint density at radius 3 is 2.44 bits per heavy atom. The van der Waals surface area contributed by atoms with Crippen molar-refractivity contribution in [1.29, 1.82) is 0 Å². The van der Waals surface area contributed by atoms with Crippen molar-refractivity contribution in [2.24, 2.45) is 5.14 Å². The molecule has 25 heavy (non-hydrogen) atoms. The molecule has 0 bridgehead atoms. The van der Waals surface area contributed by atoms with Crippen molar-refractivity contribution >= 4 is 21.5 Å². The Kier molecular flexibility index (Phi) is 4.78. The number of nitrogens with zero attached hydrogens (tertiary/aromatic N) is 3. The minimum absolute atomic E-state index is 0.0129. The summed E-state index contributed by atoms with van der Waals surface area (Å²) in [6.07, 6.45) is 1.54. The molecule has 0 aliphatic carbocycles. The fraction of sp³-hybridized carbons (Fsp3) is 0.312. The first-order chi connectivity index (χ1) is 11.9. The van der Waals surface area contributed by atoms with Crippen LogP contribution in [0.5, 0.6) is 5.75 Å². The van der Waals surface area contributed by atoms with E-state index in [1.54, 1.807) is 18.2 Å². The smallest absolute Gasteiger partial charge is 0.241 e. The molecule has 1 fully saturated rings. The van der Waals surface area contributed by atoms with Crippen LogP contribution in [0.2, 0.25) is 0 Å². The molecule has 134 valence electrons. The lowest BCUT2D eigenvalue weighted by molar-refractivity contribution is 0.386. The normalized spacial score (nSPS) is 15.3. The Labute approximate surface area is 145 Å². The molecule has 9 heteroatoms. The first-order valence-corrected chi connectivity index (χ1v) is 9.26. The van der Waals surface area contributed by atoms with Crippen molar-refractivity contribution in [2.45, 2.75) is 4.90 Å². The number of benzene rings is 1. The molecule has 0 amide bonds. The van der Waals surface area contributed by atoms with Gasteiger partial charge in [-0.1, -0.05) is 0 Å².